The summed E-state index contributed by atoms with van der Waals surface area (Å²) in [4.78, 5) is 24.1. The second kappa shape index (κ2) is 8.88. The summed E-state index contributed by atoms with van der Waals surface area (Å²) in [5.74, 6) is -0.445. The van der Waals surface area contributed by atoms with E-state index < -0.39 is 23.7 Å². The zero-order chi connectivity index (χ0) is 19.3. The van der Waals surface area contributed by atoms with Gasteiger partial charge in [0.15, 0.2) is 0 Å². The smallest absolute Gasteiger partial charge is 0.407 e. The predicted molar refractivity (Wildman–Crippen MR) is 94.6 cm³/mol. The molecule has 8 nitrogen and oxygen atoms in total. The van der Waals surface area contributed by atoms with E-state index in [0.29, 0.717) is 10.6 Å². The molecule has 2 atom stereocenters. The van der Waals surface area contributed by atoms with Gasteiger partial charge in [0.05, 0.1) is 29.7 Å². The van der Waals surface area contributed by atoms with E-state index in [-0.39, 0.29) is 37.9 Å². The van der Waals surface area contributed by atoms with Crippen LogP contribution in [0.4, 0.5) is 4.79 Å². The monoisotopic (exact) mass is 406 g/mol. The van der Waals surface area contributed by atoms with Crippen LogP contribution >= 0.6 is 23.2 Å². The number of benzene rings is 1. The first-order chi connectivity index (χ1) is 12.3. The SMILES string of the molecule is COCC(=O)NCC1(O)CN(C(=O)O)CCOC1c1ccc(Cl)c(Cl)c1. The topological polar surface area (TPSA) is 108 Å². The van der Waals surface area contributed by atoms with Crippen molar-refractivity contribution in [3.63, 3.8) is 0 Å². The van der Waals surface area contributed by atoms with E-state index in [0.717, 1.165) is 4.90 Å². The number of carboxylic acid groups (broad SMARTS) is 1. The third-order valence-corrected chi connectivity index (χ3v) is 4.72. The molecule has 2 unspecified atom stereocenters. The van der Waals surface area contributed by atoms with Gasteiger partial charge in [0.1, 0.15) is 18.3 Å². The molecule has 26 heavy (non-hydrogen) atoms. The molecule has 2 rings (SSSR count). The lowest BCUT2D eigenvalue weighted by atomic mass is 9.90. The van der Waals surface area contributed by atoms with Crippen molar-refractivity contribution in [2.45, 2.75) is 11.7 Å². The highest BCUT2D eigenvalue weighted by Gasteiger charge is 2.44. The molecule has 0 radical (unpaired) electrons. The second-order valence-electron chi connectivity index (χ2n) is 5.94. The number of nitrogens with one attached hydrogen (secondary N) is 1. The van der Waals surface area contributed by atoms with Crippen molar-refractivity contribution in [1.82, 2.24) is 10.2 Å². The number of carbonyl (C=O) groups excluding carboxylic acids is 1. The molecule has 144 valence electrons. The van der Waals surface area contributed by atoms with Crippen LogP contribution in [0, 0.1) is 0 Å². The third kappa shape index (κ3) is 4.99. The van der Waals surface area contributed by atoms with Crippen molar-refractivity contribution >= 4 is 35.2 Å². The van der Waals surface area contributed by atoms with Crippen LogP contribution in [-0.2, 0) is 14.3 Å². The highest BCUT2D eigenvalue weighted by Crippen LogP contribution is 2.35. The number of ether oxygens (including phenoxy) is 2. The van der Waals surface area contributed by atoms with Crippen molar-refractivity contribution < 1.29 is 29.3 Å². The Hall–Kier alpha value is -1.58. The van der Waals surface area contributed by atoms with Crippen molar-refractivity contribution in [3.8, 4) is 0 Å². The number of β-amino-alcohol motifs (C(OH)–C–C–N with tert-alkyl or cyclic N) is 1. The van der Waals surface area contributed by atoms with Crippen LogP contribution in [0.5, 0.6) is 0 Å². The molecule has 0 bridgehead atoms. The molecule has 0 spiro atoms. The fourth-order valence-corrected chi connectivity index (χ4v) is 3.06. The fraction of sp³-hybridized carbons (Fsp3) is 0.500. The molecule has 1 aliphatic rings. The average Bonchev–Trinajstić information content (AvgIpc) is 2.76. The van der Waals surface area contributed by atoms with Gasteiger partial charge in [-0.25, -0.2) is 4.79 Å². The van der Waals surface area contributed by atoms with Crippen LogP contribution < -0.4 is 5.32 Å². The molecule has 0 aromatic heterocycles. The van der Waals surface area contributed by atoms with Gasteiger partial charge in [-0.2, -0.15) is 0 Å². The van der Waals surface area contributed by atoms with E-state index in [4.69, 9.17) is 32.7 Å². The van der Waals surface area contributed by atoms with Gasteiger partial charge < -0.3 is 29.9 Å². The molecule has 1 aliphatic heterocycles. The Morgan fingerprint density at radius 1 is 1.42 bits per heavy atom. The number of hydrogen-bond acceptors (Lipinski definition) is 5. The Kier molecular flexibility index (Phi) is 7.08. The first-order valence-corrected chi connectivity index (χ1v) is 8.55. The number of methoxy groups -OCH3 is 1. The van der Waals surface area contributed by atoms with E-state index >= 15 is 0 Å². The molecular formula is C16H20Cl2N2O6. The highest BCUT2D eigenvalue weighted by molar-refractivity contribution is 6.42. The van der Waals surface area contributed by atoms with Gasteiger partial charge in [0.2, 0.25) is 5.91 Å². The molecular weight excluding hydrogens is 387 g/mol. The molecule has 0 aliphatic carbocycles. The van der Waals surface area contributed by atoms with Crippen LogP contribution in [0.3, 0.4) is 0 Å². The quantitative estimate of drug-likeness (QED) is 0.684. The number of amides is 2. The zero-order valence-electron chi connectivity index (χ0n) is 14.1. The van der Waals surface area contributed by atoms with Crippen molar-refractivity contribution in [2.75, 3.05) is 40.0 Å². The van der Waals surface area contributed by atoms with Crippen LogP contribution in [-0.4, -0.2) is 72.7 Å². The second-order valence-corrected chi connectivity index (χ2v) is 6.76. The van der Waals surface area contributed by atoms with Crippen molar-refractivity contribution in [1.29, 1.82) is 0 Å². The van der Waals surface area contributed by atoms with E-state index in [1.165, 1.54) is 7.11 Å². The molecule has 1 heterocycles. The highest BCUT2D eigenvalue weighted by atomic mass is 35.5. The summed E-state index contributed by atoms with van der Waals surface area (Å²) in [6, 6.07) is 4.75. The standard InChI is InChI=1S/C16H20Cl2N2O6/c1-25-7-13(21)19-8-16(24)9-20(15(22)23)4-5-26-14(16)10-2-3-11(17)12(18)6-10/h2-3,6,14,24H,4-5,7-9H2,1H3,(H,19,21)(H,22,23). The van der Waals surface area contributed by atoms with Crippen LogP contribution in [0.1, 0.15) is 11.7 Å². The lowest BCUT2D eigenvalue weighted by Gasteiger charge is -2.36. The minimum atomic E-state index is -1.71. The van der Waals surface area contributed by atoms with Gasteiger partial charge in [0.25, 0.3) is 0 Å². The lowest BCUT2D eigenvalue weighted by Crippen LogP contribution is -2.54. The van der Waals surface area contributed by atoms with Crippen LogP contribution in [0.25, 0.3) is 0 Å². The molecule has 1 saturated heterocycles. The summed E-state index contributed by atoms with van der Waals surface area (Å²) in [7, 11) is 1.37. The summed E-state index contributed by atoms with van der Waals surface area (Å²) in [5, 5.41) is 23.7. The minimum Gasteiger partial charge on any atom is -0.465 e. The average molecular weight is 407 g/mol. The van der Waals surface area contributed by atoms with Gasteiger partial charge in [0, 0.05) is 13.7 Å². The molecule has 10 heteroatoms. The van der Waals surface area contributed by atoms with Crippen LogP contribution in [0.2, 0.25) is 10.0 Å². The number of hydrogen-bond donors (Lipinski definition) is 3. The van der Waals surface area contributed by atoms with Gasteiger partial charge in [-0.1, -0.05) is 29.3 Å². The van der Waals surface area contributed by atoms with E-state index in [1.807, 2.05) is 0 Å². The fourth-order valence-electron chi connectivity index (χ4n) is 2.76. The Labute approximate surface area is 160 Å². The number of aliphatic hydroxyl groups is 1. The number of carbonyl (C=O) groups is 2. The Balaban J connectivity index is 2.32. The number of halogens is 2. The van der Waals surface area contributed by atoms with Gasteiger partial charge in [-0.3, -0.25) is 4.79 Å². The number of nitrogens with zero attached hydrogens (tertiary/aromatic N) is 1. The molecule has 1 aromatic carbocycles. The summed E-state index contributed by atoms with van der Waals surface area (Å²) in [6.07, 6.45) is -2.10. The Bertz CT molecular complexity index is 674. The van der Waals surface area contributed by atoms with Gasteiger partial charge in [-0.05, 0) is 17.7 Å². The summed E-state index contributed by atoms with van der Waals surface area (Å²) in [5.41, 5.74) is -1.19. The van der Waals surface area contributed by atoms with Crippen molar-refractivity contribution in [3.05, 3.63) is 33.8 Å². The molecule has 3 N–H and O–H groups in total. The zero-order valence-corrected chi connectivity index (χ0v) is 15.6. The molecule has 1 fully saturated rings. The molecule has 1 aromatic rings. The maximum absolute atomic E-state index is 11.7. The molecule has 0 saturated carbocycles. The minimum absolute atomic E-state index is 0.0749. The van der Waals surface area contributed by atoms with E-state index in [2.05, 4.69) is 5.32 Å². The third-order valence-electron chi connectivity index (χ3n) is 3.98. The largest absolute Gasteiger partial charge is 0.465 e. The maximum atomic E-state index is 11.7. The predicted octanol–water partition coefficient (Wildman–Crippen LogP) is 1.54. The number of rotatable bonds is 5. The maximum Gasteiger partial charge on any atom is 0.407 e. The first kappa shape index (κ1) is 20.7. The van der Waals surface area contributed by atoms with E-state index in [9.17, 15) is 19.8 Å². The molecule has 2 amide bonds. The first-order valence-electron chi connectivity index (χ1n) is 7.79. The van der Waals surface area contributed by atoms with Gasteiger partial charge in [-0.15, -0.1) is 0 Å². The Morgan fingerprint density at radius 3 is 2.77 bits per heavy atom. The summed E-state index contributed by atoms with van der Waals surface area (Å²) in [6.45, 7) is -0.506. The lowest BCUT2D eigenvalue weighted by molar-refractivity contribution is -0.130. The Morgan fingerprint density at radius 2 is 2.15 bits per heavy atom. The van der Waals surface area contributed by atoms with Crippen LogP contribution in [0.15, 0.2) is 18.2 Å². The van der Waals surface area contributed by atoms with Crippen molar-refractivity contribution in [2.24, 2.45) is 0 Å². The van der Waals surface area contributed by atoms with E-state index in [1.54, 1.807) is 18.2 Å². The summed E-state index contributed by atoms with van der Waals surface area (Å²) < 4.78 is 10.5. The normalized spacial score (nSPS) is 23.4. The summed E-state index contributed by atoms with van der Waals surface area (Å²) >= 11 is 12.0. The van der Waals surface area contributed by atoms with Gasteiger partial charge >= 0.3 is 6.09 Å².